The Labute approximate surface area is 226 Å². The Balaban J connectivity index is 1.25. The minimum absolute atomic E-state index is 0.00538. The molecule has 2 bridgehead atoms. The van der Waals surface area contributed by atoms with Crippen LogP contribution >= 0.6 is 0 Å². The zero-order valence-electron chi connectivity index (χ0n) is 22.5. The standard InChI is InChI=1S/C28H32N8O3/c1-28(2)12-11-23-32-33-25(36(23)28)20-5-4-6-22(30-20)34-14-19-18(26(34)37)13-24(31-21(19)15-39-27(38)29-3)35-16-7-8-17(35)10-9-16/h4-6,13,16-17H,7-12,14-15H2,1-3H3,(H,29,38). The maximum atomic E-state index is 13.9. The van der Waals surface area contributed by atoms with Gasteiger partial charge in [-0.25, -0.2) is 14.8 Å². The lowest BCUT2D eigenvalue weighted by atomic mass is 10.0. The molecule has 0 unspecified atom stereocenters. The molecule has 11 heteroatoms. The number of aryl methyl sites for hydroxylation is 1. The van der Waals surface area contributed by atoms with Crippen molar-refractivity contribution in [2.75, 3.05) is 16.8 Å². The first-order valence-electron chi connectivity index (χ1n) is 13.7. The fourth-order valence-electron chi connectivity index (χ4n) is 6.79. The number of fused-ring (bicyclic) bond motifs is 4. The van der Waals surface area contributed by atoms with Crippen LogP contribution < -0.4 is 15.1 Å². The zero-order valence-corrected chi connectivity index (χ0v) is 22.5. The van der Waals surface area contributed by atoms with E-state index in [1.807, 2.05) is 24.3 Å². The van der Waals surface area contributed by atoms with Crippen molar-refractivity contribution >= 4 is 23.6 Å². The molecule has 4 aliphatic heterocycles. The van der Waals surface area contributed by atoms with Gasteiger partial charge in [0.2, 0.25) is 0 Å². The van der Waals surface area contributed by atoms with Crippen molar-refractivity contribution in [1.29, 1.82) is 0 Å². The Kier molecular flexibility index (Phi) is 5.40. The maximum absolute atomic E-state index is 13.9. The summed E-state index contributed by atoms with van der Waals surface area (Å²) in [6.45, 7) is 4.66. The van der Waals surface area contributed by atoms with Crippen molar-refractivity contribution in [3.63, 3.8) is 0 Å². The molecule has 11 nitrogen and oxygen atoms in total. The highest BCUT2D eigenvalue weighted by Gasteiger charge is 2.42. The number of ether oxygens (including phenoxy) is 1. The number of nitrogens with one attached hydrogen (secondary N) is 1. The molecule has 0 saturated carbocycles. The molecule has 3 aromatic heterocycles. The summed E-state index contributed by atoms with van der Waals surface area (Å²) >= 11 is 0. The van der Waals surface area contributed by atoms with Gasteiger partial charge in [0.25, 0.3) is 5.91 Å². The lowest BCUT2D eigenvalue weighted by molar-refractivity contribution is 0.0996. The van der Waals surface area contributed by atoms with Gasteiger partial charge in [0.05, 0.1) is 17.8 Å². The molecule has 0 radical (unpaired) electrons. The van der Waals surface area contributed by atoms with E-state index in [0.717, 1.165) is 55.7 Å². The first-order chi connectivity index (χ1) is 18.8. The van der Waals surface area contributed by atoms with Gasteiger partial charge in [0.1, 0.15) is 29.8 Å². The van der Waals surface area contributed by atoms with Crippen LogP contribution in [0.2, 0.25) is 0 Å². The Morgan fingerprint density at radius 1 is 1.10 bits per heavy atom. The molecule has 2 amide bonds. The topological polar surface area (TPSA) is 118 Å². The third kappa shape index (κ3) is 3.77. The Morgan fingerprint density at radius 3 is 2.62 bits per heavy atom. The van der Waals surface area contributed by atoms with Gasteiger partial charge in [-0.3, -0.25) is 9.69 Å². The third-order valence-corrected chi connectivity index (χ3v) is 8.79. The van der Waals surface area contributed by atoms with Gasteiger partial charge in [0, 0.05) is 36.7 Å². The number of hydrogen-bond acceptors (Lipinski definition) is 8. The van der Waals surface area contributed by atoms with Crippen molar-refractivity contribution in [3.05, 3.63) is 46.9 Å². The Morgan fingerprint density at radius 2 is 1.87 bits per heavy atom. The van der Waals surface area contributed by atoms with Crippen molar-refractivity contribution in [2.45, 2.75) is 83.1 Å². The van der Waals surface area contributed by atoms with Crippen LogP contribution in [0.1, 0.15) is 73.4 Å². The summed E-state index contributed by atoms with van der Waals surface area (Å²) in [6.07, 6.45) is 5.94. The van der Waals surface area contributed by atoms with E-state index < -0.39 is 6.09 Å². The number of nitrogens with zero attached hydrogens (tertiary/aromatic N) is 7. The lowest BCUT2D eigenvalue weighted by Gasteiger charge is -2.24. The number of rotatable bonds is 5. The average Bonchev–Trinajstić information content (AvgIpc) is 3.76. The smallest absolute Gasteiger partial charge is 0.407 e. The van der Waals surface area contributed by atoms with E-state index in [2.05, 4.69) is 38.8 Å². The van der Waals surface area contributed by atoms with E-state index in [1.54, 1.807) is 4.90 Å². The normalized spacial score (nSPS) is 22.4. The van der Waals surface area contributed by atoms with Crippen molar-refractivity contribution in [3.8, 4) is 11.5 Å². The summed E-state index contributed by atoms with van der Waals surface area (Å²) < 4.78 is 7.56. The molecule has 2 fully saturated rings. The predicted octanol–water partition coefficient (Wildman–Crippen LogP) is 3.56. The van der Waals surface area contributed by atoms with Crippen molar-refractivity contribution in [2.24, 2.45) is 0 Å². The summed E-state index contributed by atoms with van der Waals surface area (Å²) in [6, 6.07) is 8.49. The van der Waals surface area contributed by atoms with E-state index in [0.29, 0.717) is 47.2 Å². The molecule has 39 heavy (non-hydrogen) atoms. The highest BCUT2D eigenvalue weighted by molar-refractivity contribution is 6.10. The van der Waals surface area contributed by atoms with Crippen LogP contribution in [0.5, 0.6) is 0 Å². The number of amides is 2. The fraction of sp³-hybridized carbons (Fsp3) is 0.500. The summed E-state index contributed by atoms with van der Waals surface area (Å²) in [5, 5.41) is 11.3. The predicted molar refractivity (Wildman–Crippen MR) is 143 cm³/mol. The van der Waals surface area contributed by atoms with Gasteiger partial charge in [0.15, 0.2) is 5.82 Å². The van der Waals surface area contributed by atoms with Crippen molar-refractivity contribution < 1.29 is 14.3 Å². The molecule has 4 aliphatic rings. The number of aromatic nitrogens is 5. The molecule has 0 aromatic carbocycles. The van der Waals surface area contributed by atoms with E-state index in [1.165, 1.54) is 7.05 Å². The van der Waals surface area contributed by atoms with Gasteiger partial charge < -0.3 is 19.5 Å². The maximum Gasteiger partial charge on any atom is 0.407 e. The molecule has 0 spiro atoms. The highest BCUT2D eigenvalue weighted by Crippen LogP contribution is 2.42. The molecular weight excluding hydrogens is 496 g/mol. The molecule has 3 aromatic rings. The first-order valence-corrected chi connectivity index (χ1v) is 13.7. The van der Waals surface area contributed by atoms with Crippen LogP contribution in [0.15, 0.2) is 24.3 Å². The first kappa shape index (κ1) is 24.1. The number of carbonyl (C=O) groups excluding carboxylic acids is 2. The number of anilines is 2. The number of alkyl carbamates (subject to hydrolysis) is 1. The second-order valence-corrected chi connectivity index (χ2v) is 11.5. The summed E-state index contributed by atoms with van der Waals surface area (Å²) in [4.78, 5) is 39.6. The molecule has 0 aliphatic carbocycles. The monoisotopic (exact) mass is 528 g/mol. The average molecular weight is 529 g/mol. The van der Waals surface area contributed by atoms with Gasteiger partial charge in [-0.1, -0.05) is 6.07 Å². The quantitative estimate of drug-likeness (QED) is 0.534. The minimum atomic E-state index is -0.531. The molecular formula is C28H32N8O3. The number of hydrogen-bond donors (Lipinski definition) is 1. The summed E-state index contributed by atoms with van der Waals surface area (Å²) in [5.74, 6) is 2.89. The highest BCUT2D eigenvalue weighted by atomic mass is 16.5. The second-order valence-electron chi connectivity index (χ2n) is 11.5. The number of pyridine rings is 2. The molecule has 7 heterocycles. The third-order valence-electron chi connectivity index (χ3n) is 8.79. The van der Waals surface area contributed by atoms with Crippen LogP contribution in [0, 0.1) is 0 Å². The molecule has 202 valence electrons. The molecule has 2 saturated heterocycles. The SMILES string of the molecule is CNC(=O)OCc1nc(N2C3CCC2CC3)cc2c1CN(c1cccc(-c3nnc4n3C(C)(C)CC4)n1)C2=O. The van der Waals surface area contributed by atoms with Crippen LogP contribution in [0.25, 0.3) is 11.5 Å². The Hall–Kier alpha value is -4.02. The van der Waals surface area contributed by atoms with Crippen LogP contribution in [0.4, 0.5) is 16.4 Å². The van der Waals surface area contributed by atoms with Gasteiger partial charge in [-0.05, 0) is 64.2 Å². The molecule has 0 atom stereocenters. The molecule has 1 N–H and O–H groups in total. The van der Waals surface area contributed by atoms with Gasteiger partial charge in [-0.2, -0.15) is 0 Å². The van der Waals surface area contributed by atoms with Crippen LogP contribution in [-0.4, -0.2) is 55.9 Å². The van der Waals surface area contributed by atoms with Crippen LogP contribution in [-0.2, 0) is 29.8 Å². The van der Waals surface area contributed by atoms with Crippen LogP contribution in [0.3, 0.4) is 0 Å². The summed E-state index contributed by atoms with van der Waals surface area (Å²) in [7, 11) is 1.52. The van der Waals surface area contributed by atoms with E-state index >= 15 is 0 Å². The lowest BCUT2D eigenvalue weighted by Crippen LogP contribution is -2.30. The fourth-order valence-corrected chi connectivity index (χ4v) is 6.79. The zero-order chi connectivity index (χ0) is 26.9. The molecule has 7 rings (SSSR count). The Bertz CT molecular complexity index is 1480. The van der Waals surface area contributed by atoms with E-state index in [9.17, 15) is 9.59 Å². The van der Waals surface area contributed by atoms with Gasteiger partial charge in [-0.15, -0.1) is 10.2 Å². The van der Waals surface area contributed by atoms with Crippen molar-refractivity contribution in [1.82, 2.24) is 30.0 Å². The van der Waals surface area contributed by atoms with E-state index in [4.69, 9.17) is 14.7 Å². The summed E-state index contributed by atoms with van der Waals surface area (Å²) in [5.41, 5.74) is 2.57. The van der Waals surface area contributed by atoms with Gasteiger partial charge >= 0.3 is 6.09 Å². The minimum Gasteiger partial charge on any atom is -0.443 e. The largest absolute Gasteiger partial charge is 0.443 e. The van der Waals surface area contributed by atoms with E-state index in [-0.39, 0.29) is 18.1 Å². The second kappa shape index (κ2) is 8.75. The number of carbonyl (C=O) groups is 2.